The highest BCUT2D eigenvalue weighted by molar-refractivity contribution is 5.87. The van der Waals surface area contributed by atoms with Crippen LogP contribution in [-0.4, -0.2) is 35.6 Å². The summed E-state index contributed by atoms with van der Waals surface area (Å²) in [5, 5.41) is 8.73. The largest absolute Gasteiger partial charge is 0.478 e. The summed E-state index contributed by atoms with van der Waals surface area (Å²) in [6.45, 7) is 3.52. The first-order chi connectivity index (χ1) is 7.25. The van der Waals surface area contributed by atoms with Crippen LogP contribution in [0, 0.1) is 0 Å². The summed E-state index contributed by atoms with van der Waals surface area (Å²) in [7, 11) is 0. The van der Waals surface area contributed by atoms with Crippen LogP contribution in [0.5, 0.6) is 0 Å². The average molecular weight is 205 g/mol. The predicted molar refractivity (Wildman–Crippen MR) is 58.2 cm³/mol. The maximum Gasteiger partial charge on any atom is 0.335 e. The van der Waals surface area contributed by atoms with Gasteiger partial charge in [-0.3, -0.25) is 0 Å². The zero-order chi connectivity index (χ0) is 10.7. The van der Waals surface area contributed by atoms with Gasteiger partial charge in [-0.2, -0.15) is 0 Å². The molecule has 0 bridgehead atoms. The maximum absolute atomic E-state index is 10.6. The van der Waals surface area contributed by atoms with Crippen molar-refractivity contribution in [2.24, 2.45) is 0 Å². The lowest BCUT2D eigenvalue weighted by Crippen LogP contribution is -2.38. The summed E-state index contributed by atoms with van der Waals surface area (Å²) in [6.07, 6.45) is 2.33. The molecule has 1 N–H and O–H groups in total. The van der Waals surface area contributed by atoms with E-state index in [0.717, 1.165) is 13.0 Å². The van der Waals surface area contributed by atoms with Gasteiger partial charge in [0.15, 0.2) is 0 Å². The van der Waals surface area contributed by atoms with Crippen LogP contribution in [0.2, 0.25) is 0 Å². The Kier molecular flexibility index (Phi) is 3.02. The van der Waals surface area contributed by atoms with Gasteiger partial charge in [-0.1, -0.05) is 12.1 Å². The van der Waals surface area contributed by atoms with E-state index >= 15 is 0 Å². The Balaban J connectivity index is 1.88. The van der Waals surface area contributed by atoms with Gasteiger partial charge in [-0.05, 0) is 43.6 Å². The molecule has 0 unspecified atom stereocenters. The van der Waals surface area contributed by atoms with Crippen molar-refractivity contribution in [3.63, 3.8) is 0 Å². The fourth-order valence-electron chi connectivity index (χ4n) is 1.71. The minimum absolute atomic E-state index is 0.364. The van der Waals surface area contributed by atoms with E-state index in [4.69, 9.17) is 5.11 Å². The van der Waals surface area contributed by atoms with Crippen molar-refractivity contribution in [2.75, 3.05) is 19.6 Å². The van der Waals surface area contributed by atoms with E-state index in [1.165, 1.54) is 25.1 Å². The third-order valence-corrected chi connectivity index (χ3v) is 2.87. The molecular weight excluding hydrogens is 190 g/mol. The lowest BCUT2D eigenvalue weighted by molar-refractivity contribution is 0.0697. The summed E-state index contributed by atoms with van der Waals surface area (Å²) in [5.41, 5.74) is 1.58. The number of likely N-dealkylation sites (tertiary alicyclic amines) is 1. The smallest absolute Gasteiger partial charge is 0.335 e. The standard InChI is InChI=1S/C12H15NO2/c14-12(15)11-4-2-10(3-5-11)6-9-13-7-1-8-13/h2-5H,1,6-9H2,(H,14,15). The van der Waals surface area contributed by atoms with Gasteiger partial charge in [0.1, 0.15) is 0 Å². The maximum atomic E-state index is 10.6. The van der Waals surface area contributed by atoms with E-state index in [-0.39, 0.29) is 0 Å². The highest BCUT2D eigenvalue weighted by Crippen LogP contribution is 2.09. The van der Waals surface area contributed by atoms with E-state index in [2.05, 4.69) is 4.90 Å². The van der Waals surface area contributed by atoms with Gasteiger partial charge < -0.3 is 10.0 Å². The van der Waals surface area contributed by atoms with E-state index in [9.17, 15) is 4.79 Å². The molecule has 15 heavy (non-hydrogen) atoms. The summed E-state index contributed by atoms with van der Waals surface area (Å²) in [6, 6.07) is 7.16. The molecule has 1 aromatic rings. The SMILES string of the molecule is O=C(O)c1ccc(CCN2CCC2)cc1. The molecule has 0 saturated carbocycles. The fourth-order valence-corrected chi connectivity index (χ4v) is 1.71. The molecule has 3 heteroatoms. The number of hydrogen-bond acceptors (Lipinski definition) is 2. The molecule has 2 rings (SSSR count). The lowest BCUT2D eigenvalue weighted by Gasteiger charge is -2.30. The van der Waals surface area contributed by atoms with Crippen LogP contribution in [0.15, 0.2) is 24.3 Å². The van der Waals surface area contributed by atoms with Gasteiger partial charge >= 0.3 is 5.97 Å². The Labute approximate surface area is 89.3 Å². The van der Waals surface area contributed by atoms with Crippen molar-refractivity contribution in [2.45, 2.75) is 12.8 Å². The number of carbonyl (C=O) groups is 1. The van der Waals surface area contributed by atoms with Crippen LogP contribution in [0.1, 0.15) is 22.3 Å². The van der Waals surface area contributed by atoms with Crippen molar-refractivity contribution in [3.8, 4) is 0 Å². The molecule has 1 aliphatic rings. The highest BCUT2D eigenvalue weighted by Gasteiger charge is 2.12. The van der Waals surface area contributed by atoms with Gasteiger partial charge in [0.05, 0.1) is 5.56 Å². The number of carboxylic acids is 1. The molecule has 3 nitrogen and oxygen atoms in total. The third-order valence-electron chi connectivity index (χ3n) is 2.87. The van der Waals surface area contributed by atoms with Crippen molar-refractivity contribution in [3.05, 3.63) is 35.4 Å². The molecule has 0 atom stereocenters. The van der Waals surface area contributed by atoms with Crippen molar-refractivity contribution in [1.82, 2.24) is 4.90 Å². The molecule has 1 saturated heterocycles. The minimum atomic E-state index is -0.857. The number of aromatic carboxylic acids is 1. The second-order valence-electron chi connectivity index (χ2n) is 3.95. The lowest BCUT2D eigenvalue weighted by atomic mass is 10.1. The molecule has 0 amide bonds. The second kappa shape index (κ2) is 4.45. The number of benzene rings is 1. The minimum Gasteiger partial charge on any atom is -0.478 e. The number of nitrogens with zero attached hydrogens (tertiary/aromatic N) is 1. The topological polar surface area (TPSA) is 40.5 Å². The Morgan fingerprint density at radius 3 is 2.40 bits per heavy atom. The monoisotopic (exact) mass is 205 g/mol. The highest BCUT2D eigenvalue weighted by atomic mass is 16.4. The predicted octanol–water partition coefficient (Wildman–Crippen LogP) is 1.63. The Morgan fingerprint density at radius 1 is 1.27 bits per heavy atom. The van der Waals surface area contributed by atoms with Gasteiger partial charge in [0, 0.05) is 6.54 Å². The Bertz CT molecular complexity index is 341. The van der Waals surface area contributed by atoms with E-state index in [1.54, 1.807) is 12.1 Å². The normalized spacial score (nSPS) is 16.0. The zero-order valence-electron chi connectivity index (χ0n) is 8.65. The first kappa shape index (κ1) is 10.2. The number of rotatable bonds is 4. The molecule has 0 spiro atoms. The number of hydrogen-bond donors (Lipinski definition) is 1. The quantitative estimate of drug-likeness (QED) is 0.812. The summed E-state index contributed by atoms with van der Waals surface area (Å²) < 4.78 is 0. The van der Waals surface area contributed by atoms with E-state index in [1.807, 2.05) is 12.1 Å². The molecule has 0 aromatic heterocycles. The molecule has 0 radical (unpaired) electrons. The van der Waals surface area contributed by atoms with Crippen molar-refractivity contribution in [1.29, 1.82) is 0 Å². The molecular formula is C12H15NO2. The zero-order valence-corrected chi connectivity index (χ0v) is 8.65. The number of carboxylic acid groups (broad SMARTS) is 1. The van der Waals surface area contributed by atoms with Gasteiger partial charge in [-0.15, -0.1) is 0 Å². The van der Waals surface area contributed by atoms with Crippen LogP contribution in [-0.2, 0) is 6.42 Å². The molecule has 1 heterocycles. The molecule has 0 aliphatic carbocycles. The summed E-state index contributed by atoms with van der Waals surface area (Å²) in [4.78, 5) is 13.0. The molecule has 1 fully saturated rings. The van der Waals surface area contributed by atoms with E-state index < -0.39 is 5.97 Å². The first-order valence-corrected chi connectivity index (χ1v) is 5.30. The third kappa shape index (κ3) is 2.57. The van der Waals surface area contributed by atoms with Gasteiger partial charge in [0.2, 0.25) is 0 Å². The molecule has 80 valence electrons. The Morgan fingerprint density at radius 2 is 1.93 bits per heavy atom. The van der Waals surface area contributed by atoms with E-state index in [0.29, 0.717) is 5.56 Å². The van der Waals surface area contributed by atoms with Crippen LogP contribution < -0.4 is 0 Å². The molecule has 1 aliphatic heterocycles. The van der Waals surface area contributed by atoms with Crippen LogP contribution in [0.25, 0.3) is 0 Å². The van der Waals surface area contributed by atoms with Crippen LogP contribution in [0.4, 0.5) is 0 Å². The van der Waals surface area contributed by atoms with Crippen LogP contribution in [0.3, 0.4) is 0 Å². The molecule has 1 aromatic carbocycles. The average Bonchev–Trinajstić information content (AvgIpc) is 2.16. The second-order valence-corrected chi connectivity index (χ2v) is 3.95. The van der Waals surface area contributed by atoms with Crippen molar-refractivity contribution < 1.29 is 9.90 Å². The summed E-state index contributed by atoms with van der Waals surface area (Å²) >= 11 is 0. The Hall–Kier alpha value is -1.35. The fraction of sp³-hybridized carbons (Fsp3) is 0.417. The summed E-state index contributed by atoms with van der Waals surface area (Å²) in [5.74, 6) is -0.857. The first-order valence-electron chi connectivity index (χ1n) is 5.30. The van der Waals surface area contributed by atoms with Gasteiger partial charge in [-0.25, -0.2) is 4.79 Å². The van der Waals surface area contributed by atoms with Gasteiger partial charge in [0.25, 0.3) is 0 Å². The van der Waals surface area contributed by atoms with Crippen LogP contribution >= 0.6 is 0 Å². The van der Waals surface area contributed by atoms with Crippen molar-refractivity contribution >= 4 is 5.97 Å².